The quantitative estimate of drug-likeness (QED) is 0.586. The predicted molar refractivity (Wildman–Crippen MR) is 33.4 cm³/mol. The third kappa shape index (κ3) is 2.05. The Labute approximate surface area is 74.6 Å². The Balaban J connectivity index is 0.000000810. The van der Waals surface area contributed by atoms with Crippen molar-refractivity contribution in [3.05, 3.63) is 32.9 Å². The average molecular weight is 337 g/mol. The van der Waals surface area contributed by atoms with Gasteiger partial charge in [-0.05, 0) is 0 Å². The Morgan fingerprint density at radius 1 is 1.40 bits per heavy atom. The number of aromatic nitrogens is 2. The van der Waals surface area contributed by atoms with Gasteiger partial charge in [0.1, 0.15) is 0 Å². The number of rotatable bonds is 0. The molecular formula is C4H3FN2O2Pb. The van der Waals surface area contributed by atoms with E-state index in [1.54, 1.807) is 4.98 Å². The van der Waals surface area contributed by atoms with Gasteiger partial charge in [-0.15, -0.1) is 0 Å². The van der Waals surface area contributed by atoms with Gasteiger partial charge in [0.15, 0.2) is 0 Å². The summed E-state index contributed by atoms with van der Waals surface area (Å²) < 4.78 is 12.0. The van der Waals surface area contributed by atoms with E-state index < -0.39 is 17.1 Å². The number of aromatic amines is 2. The minimum atomic E-state index is -1.00. The fourth-order valence-electron chi connectivity index (χ4n) is 0.393. The molecule has 0 aliphatic heterocycles. The van der Waals surface area contributed by atoms with Gasteiger partial charge < -0.3 is 4.98 Å². The molecule has 1 rings (SSSR count). The molecule has 0 atom stereocenters. The third-order valence-corrected chi connectivity index (χ3v) is 0.774. The number of hydrogen-bond donors (Lipinski definition) is 2. The third-order valence-electron chi connectivity index (χ3n) is 0.774. The van der Waals surface area contributed by atoms with Gasteiger partial charge in [-0.25, -0.2) is 4.79 Å². The fourth-order valence-corrected chi connectivity index (χ4v) is 0.393. The zero-order valence-corrected chi connectivity index (χ0v) is 8.66. The van der Waals surface area contributed by atoms with Crippen molar-refractivity contribution in [2.45, 2.75) is 0 Å². The van der Waals surface area contributed by atoms with E-state index in [1.807, 2.05) is 4.98 Å². The van der Waals surface area contributed by atoms with Gasteiger partial charge >= 0.3 is 5.69 Å². The topological polar surface area (TPSA) is 65.7 Å². The van der Waals surface area contributed by atoms with Crippen LogP contribution >= 0.6 is 0 Å². The summed E-state index contributed by atoms with van der Waals surface area (Å²) in [6.45, 7) is 0. The molecule has 0 bridgehead atoms. The summed E-state index contributed by atoms with van der Waals surface area (Å²) in [5.41, 5.74) is -1.71. The van der Waals surface area contributed by atoms with E-state index in [1.165, 1.54) is 0 Å². The van der Waals surface area contributed by atoms with Crippen LogP contribution in [-0.2, 0) is 0 Å². The van der Waals surface area contributed by atoms with Crippen LogP contribution in [0.5, 0.6) is 0 Å². The molecule has 2 N–H and O–H groups in total. The van der Waals surface area contributed by atoms with Gasteiger partial charge in [-0.1, -0.05) is 0 Å². The first kappa shape index (κ1) is 9.53. The molecule has 10 heavy (non-hydrogen) atoms. The van der Waals surface area contributed by atoms with E-state index in [0.29, 0.717) is 6.20 Å². The number of H-pyrrole nitrogens is 2. The molecule has 1 aromatic heterocycles. The molecule has 0 aliphatic rings. The molecule has 0 fully saturated rings. The summed E-state index contributed by atoms with van der Waals surface area (Å²) in [4.78, 5) is 24.0. The van der Waals surface area contributed by atoms with Gasteiger partial charge in [0.2, 0.25) is 5.82 Å². The van der Waals surface area contributed by atoms with Crippen LogP contribution in [0.1, 0.15) is 0 Å². The van der Waals surface area contributed by atoms with Gasteiger partial charge in [0.05, 0.1) is 0 Å². The van der Waals surface area contributed by atoms with Crippen LogP contribution in [0.2, 0.25) is 0 Å². The largest absolute Gasteiger partial charge is 0.325 e. The first-order chi connectivity index (χ1) is 4.20. The van der Waals surface area contributed by atoms with E-state index >= 15 is 0 Å². The molecule has 6 heteroatoms. The van der Waals surface area contributed by atoms with E-state index in [4.69, 9.17) is 0 Å². The Hall–Kier alpha value is -0.468. The maximum absolute atomic E-state index is 12.0. The van der Waals surface area contributed by atoms with E-state index in [-0.39, 0.29) is 27.3 Å². The van der Waals surface area contributed by atoms with Crippen molar-refractivity contribution in [3.63, 3.8) is 0 Å². The van der Waals surface area contributed by atoms with Crippen LogP contribution in [0.15, 0.2) is 15.8 Å². The Morgan fingerprint density at radius 3 is 2.40 bits per heavy atom. The maximum atomic E-state index is 12.0. The van der Waals surface area contributed by atoms with Crippen LogP contribution in [0, 0.1) is 5.82 Å². The number of nitrogens with one attached hydrogen (secondary N) is 2. The second-order valence-corrected chi connectivity index (χ2v) is 1.42. The zero-order valence-electron chi connectivity index (χ0n) is 4.77. The van der Waals surface area contributed by atoms with Crippen LogP contribution in [0.25, 0.3) is 0 Å². The second kappa shape index (κ2) is 3.64. The summed E-state index contributed by atoms with van der Waals surface area (Å²) >= 11 is 0. The molecule has 4 radical (unpaired) electrons. The normalized spacial score (nSPS) is 8.50. The fraction of sp³-hybridized carbons (Fsp3) is 0. The van der Waals surface area contributed by atoms with Crippen molar-refractivity contribution in [3.8, 4) is 0 Å². The molecule has 0 aromatic carbocycles. The minimum Gasteiger partial charge on any atom is -0.311 e. The van der Waals surface area contributed by atoms with Crippen LogP contribution in [0.3, 0.4) is 0 Å². The standard InChI is InChI=1S/C4H3FN2O2.Pb/c5-2-1-6-4(9)7-3(2)8;/h1H,(H2,6,7,8,9);. The Bertz CT molecular complexity index is 318. The van der Waals surface area contributed by atoms with E-state index in [2.05, 4.69) is 0 Å². The SMILES string of the molecule is O=c1[nH]cc(F)c(=O)[nH]1.[Pb]. The second-order valence-electron chi connectivity index (χ2n) is 1.42. The molecule has 0 unspecified atom stereocenters. The monoisotopic (exact) mass is 338 g/mol. The molecule has 0 saturated carbocycles. The maximum Gasteiger partial charge on any atom is 0.325 e. The molecule has 0 amide bonds. The van der Waals surface area contributed by atoms with E-state index in [0.717, 1.165) is 0 Å². The first-order valence-corrected chi connectivity index (χ1v) is 2.17. The van der Waals surface area contributed by atoms with Gasteiger partial charge in [0.25, 0.3) is 5.56 Å². The summed E-state index contributed by atoms with van der Waals surface area (Å²) in [5.74, 6) is -0.991. The van der Waals surface area contributed by atoms with Crippen LogP contribution < -0.4 is 11.2 Å². The number of halogens is 1. The van der Waals surface area contributed by atoms with Crippen molar-refractivity contribution in [2.75, 3.05) is 0 Å². The smallest absolute Gasteiger partial charge is 0.311 e. The van der Waals surface area contributed by atoms with Crippen molar-refractivity contribution >= 4 is 27.3 Å². The molecule has 0 spiro atoms. The molecule has 0 saturated heterocycles. The van der Waals surface area contributed by atoms with Crippen LogP contribution in [-0.4, -0.2) is 37.3 Å². The summed E-state index contributed by atoms with van der Waals surface area (Å²) in [5, 5.41) is 0. The zero-order chi connectivity index (χ0) is 6.85. The molecule has 52 valence electrons. The van der Waals surface area contributed by atoms with Gasteiger partial charge in [0, 0.05) is 33.5 Å². The van der Waals surface area contributed by atoms with Gasteiger partial charge in [-0.3, -0.25) is 9.78 Å². The van der Waals surface area contributed by atoms with Gasteiger partial charge in [-0.2, -0.15) is 4.39 Å². The van der Waals surface area contributed by atoms with Crippen molar-refractivity contribution in [1.82, 2.24) is 9.97 Å². The predicted octanol–water partition coefficient (Wildman–Crippen LogP) is -1.18. The Morgan fingerprint density at radius 2 is 2.00 bits per heavy atom. The first-order valence-electron chi connectivity index (χ1n) is 2.17. The molecular weight excluding hydrogens is 334 g/mol. The van der Waals surface area contributed by atoms with Crippen molar-refractivity contribution in [1.29, 1.82) is 0 Å². The molecule has 1 aromatic rings. The summed E-state index contributed by atoms with van der Waals surface area (Å²) in [7, 11) is 0. The minimum absolute atomic E-state index is 0. The van der Waals surface area contributed by atoms with Crippen LogP contribution in [0.4, 0.5) is 4.39 Å². The van der Waals surface area contributed by atoms with Crippen molar-refractivity contribution < 1.29 is 4.39 Å². The summed E-state index contributed by atoms with van der Waals surface area (Å²) in [6, 6.07) is 0. The number of hydrogen-bond acceptors (Lipinski definition) is 2. The van der Waals surface area contributed by atoms with E-state index in [9.17, 15) is 14.0 Å². The van der Waals surface area contributed by atoms with Crippen molar-refractivity contribution in [2.24, 2.45) is 0 Å². The molecule has 1 heterocycles. The Kier molecular flexibility index (Phi) is 3.47. The molecule has 0 aliphatic carbocycles. The molecule has 4 nitrogen and oxygen atoms in total. The average Bonchev–Trinajstić information content (AvgIpc) is 1.80. The summed E-state index contributed by atoms with van der Waals surface area (Å²) in [6.07, 6.45) is 0.709.